The molecule has 0 heterocycles. The summed E-state index contributed by atoms with van der Waals surface area (Å²) >= 11 is 0. The minimum absolute atomic E-state index is 0.127. The zero-order chi connectivity index (χ0) is 8.20. The summed E-state index contributed by atoms with van der Waals surface area (Å²) < 4.78 is 0. The summed E-state index contributed by atoms with van der Waals surface area (Å²) in [7, 11) is 0. The summed E-state index contributed by atoms with van der Waals surface area (Å²) in [5.41, 5.74) is 4.44. The van der Waals surface area contributed by atoms with E-state index in [0.29, 0.717) is 0 Å². The Morgan fingerprint density at radius 2 is 1.70 bits per heavy atom. The van der Waals surface area contributed by atoms with Crippen molar-refractivity contribution >= 4 is 0 Å². The Hall–Kier alpha value is -0.160. The van der Waals surface area contributed by atoms with Crippen LogP contribution in [0.2, 0.25) is 0 Å². The van der Waals surface area contributed by atoms with Crippen molar-refractivity contribution in [1.29, 1.82) is 0 Å². The van der Waals surface area contributed by atoms with Crippen molar-refractivity contribution in [3.63, 3.8) is 0 Å². The molecule has 0 aromatic rings. The second-order valence-corrected chi connectivity index (χ2v) is 2.63. The molecule has 62 valence electrons. The van der Waals surface area contributed by atoms with Gasteiger partial charge >= 0.3 is 0 Å². The summed E-state index contributed by atoms with van der Waals surface area (Å²) in [6.07, 6.45) is 0. The number of aliphatic hydroxyl groups is 3. The minimum Gasteiger partial charge on any atom is -0.396 e. The van der Waals surface area contributed by atoms with Gasteiger partial charge in [-0.15, -0.1) is 0 Å². The van der Waals surface area contributed by atoms with Crippen LogP contribution in [0.1, 0.15) is 6.92 Å². The first kappa shape index (κ1) is 9.84. The average Bonchev–Trinajstić information content (AvgIpc) is 2.01. The lowest BCUT2D eigenvalue weighted by atomic mass is 9.88. The molecule has 0 aromatic heterocycles. The maximum atomic E-state index is 8.69. The highest BCUT2D eigenvalue weighted by Crippen LogP contribution is 2.11. The molecule has 0 bridgehead atoms. The lowest BCUT2D eigenvalue weighted by Crippen LogP contribution is -2.53. The Balaban J connectivity index is 4.02. The summed E-state index contributed by atoms with van der Waals surface area (Å²) in [4.78, 5) is 0. The van der Waals surface area contributed by atoms with Crippen LogP contribution in [0.4, 0.5) is 0 Å². The number of hydrogen-bond acceptors (Lipinski definition) is 4. The molecule has 1 atom stereocenters. The molecule has 0 radical (unpaired) electrons. The van der Waals surface area contributed by atoms with Crippen LogP contribution in [-0.4, -0.2) is 40.7 Å². The zero-order valence-electron chi connectivity index (χ0n) is 6.12. The maximum absolute atomic E-state index is 8.69. The monoisotopic (exact) mass is 149 g/mol. The third-order valence-electron chi connectivity index (χ3n) is 1.84. The predicted molar refractivity (Wildman–Crippen MR) is 37.3 cm³/mol. The Bertz CT molecular complexity index is 93.0. The highest BCUT2D eigenvalue weighted by molar-refractivity contribution is 4.87. The summed E-state index contributed by atoms with van der Waals surface area (Å²) in [5.74, 6) is -0.289. The molecule has 0 aromatic carbocycles. The minimum atomic E-state index is -1.05. The molecule has 0 aliphatic rings. The predicted octanol–water partition coefficient (Wildman–Crippen LogP) is -1.70. The van der Waals surface area contributed by atoms with E-state index < -0.39 is 5.54 Å². The molecule has 0 rings (SSSR count). The first-order chi connectivity index (χ1) is 4.60. The summed E-state index contributed by atoms with van der Waals surface area (Å²) in [5, 5.41) is 26.0. The second kappa shape index (κ2) is 3.88. The van der Waals surface area contributed by atoms with Crippen LogP contribution in [0.25, 0.3) is 0 Å². The van der Waals surface area contributed by atoms with Crippen LogP contribution < -0.4 is 5.73 Å². The fraction of sp³-hybridized carbons (Fsp3) is 1.00. The van der Waals surface area contributed by atoms with Gasteiger partial charge in [0.2, 0.25) is 0 Å². The van der Waals surface area contributed by atoms with E-state index in [9.17, 15) is 0 Å². The van der Waals surface area contributed by atoms with E-state index in [2.05, 4.69) is 0 Å². The summed E-state index contributed by atoms with van der Waals surface area (Å²) in [6, 6.07) is 0. The van der Waals surface area contributed by atoms with Gasteiger partial charge in [-0.2, -0.15) is 0 Å². The smallest absolute Gasteiger partial charge is 0.0671 e. The van der Waals surface area contributed by atoms with Crippen molar-refractivity contribution in [2.45, 2.75) is 12.5 Å². The van der Waals surface area contributed by atoms with Crippen LogP contribution >= 0.6 is 0 Å². The first-order valence-corrected chi connectivity index (χ1v) is 3.22. The van der Waals surface area contributed by atoms with Gasteiger partial charge in [-0.25, -0.2) is 0 Å². The van der Waals surface area contributed by atoms with E-state index in [-0.39, 0.29) is 25.7 Å². The Morgan fingerprint density at radius 1 is 1.30 bits per heavy atom. The fourth-order valence-corrected chi connectivity index (χ4v) is 0.543. The lowest BCUT2D eigenvalue weighted by molar-refractivity contribution is 0.0548. The molecular formula is C6H15NO3. The van der Waals surface area contributed by atoms with Gasteiger partial charge in [0.05, 0.1) is 18.8 Å². The fourth-order valence-electron chi connectivity index (χ4n) is 0.543. The highest BCUT2D eigenvalue weighted by Gasteiger charge is 2.29. The quantitative estimate of drug-likeness (QED) is 0.383. The SMILES string of the molecule is CC(CO)C(N)(CO)CO. The molecule has 10 heavy (non-hydrogen) atoms. The van der Waals surface area contributed by atoms with Gasteiger partial charge in [0, 0.05) is 12.5 Å². The van der Waals surface area contributed by atoms with Crippen molar-refractivity contribution < 1.29 is 15.3 Å². The van der Waals surface area contributed by atoms with Crippen LogP contribution in [0.5, 0.6) is 0 Å². The molecular weight excluding hydrogens is 134 g/mol. The zero-order valence-corrected chi connectivity index (χ0v) is 6.12. The Labute approximate surface area is 60.3 Å². The number of nitrogens with two attached hydrogens (primary N) is 1. The topological polar surface area (TPSA) is 86.7 Å². The van der Waals surface area contributed by atoms with E-state index in [1.807, 2.05) is 0 Å². The van der Waals surface area contributed by atoms with E-state index in [1.165, 1.54) is 0 Å². The highest BCUT2D eigenvalue weighted by atomic mass is 16.3. The van der Waals surface area contributed by atoms with Crippen molar-refractivity contribution in [1.82, 2.24) is 0 Å². The first-order valence-electron chi connectivity index (χ1n) is 3.22. The van der Waals surface area contributed by atoms with Gasteiger partial charge in [-0.05, 0) is 0 Å². The van der Waals surface area contributed by atoms with Gasteiger partial charge in [-0.1, -0.05) is 6.92 Å². The van der Waals surface area contributed by atoms with E-state index in [4.69, 9.17) is 21.1 Å². The molecule has 0 spiro atoms. The lowest BCUT2D eigenvalue weighted by Gasteiger charge is -2.30. The molecule has 0 saturated heterocycles. The van der Waals surface area contributed by atoms with E-state index >= 15 is 0 Å². The third kappa shape index (κ3) is 1.91. The van der Waals surface area contributed by atoms with Crippen molar-refractivity contribution in [2.75, 3.05) is 19.8 Å². The van der Waals surface area contributed by atoms with Gasteiger partial charge in [0.1, 0.15) is 0 Å². The molecule has 0 aliphatic heterocycles. The number of hydrogen-bond donors (Lipinski definition) is 4. The van der Waals surface area contributed by atoms with Crippen molar-refractivity contribution in [3.05, 3.63) is 0 Å². The van der Waals surface area contributed by atoms with Crippen molar-refractivity contribution in [3.8, 4) is 0 Å². The maximum Gasteiger partial charge on any atom is 0.0671 e. The van der Waals surface area contributed by atoms with Gasteiger partial charge < -0.3 is 21.1 Å². The largest absolute Gasteiger partial charge is 0.396 e. The van der Waals surface area contributed by atoms with E-state index in [1.54, 1.807) is 6.92 Å². The Morgan fingerprint density at radius 3 is 1.80 bits per heavy atom. The molecule has 5 N–H and O–H groups in total. The molecule has 4 heteroatoms. The Kier molecular flexibility index (Phi) is 3.81. The standard InChI is InChI=1S/C6H15NO3/c1-5(2-8)6(7,3-9)4-10/h5,8-10H,2-4,7H2,1H3. The van der Waals surface area contributed by atoms with Crippen LogP contribution in [0.3, 0.4) is 0 Å². The normalized spacial score (nSPS) is 15.3. The molecule has 0 fully saturated rings. The average molecular weight is 149 g/mol. The second-order valence-electron chi connectivity index (χ2n) is 2.63. The van der Waals surface area contributed by atoms with Gasteiger partial charge in [0.15, 0.2) is 0 Å². The van der Waals surface area contributed by atoms with Gasteiger partial charge in [0.25, 0.3) is 0 Å². The molecule has 0 saturated carbocycles. The molecule has 0 aliphatic carbocycles. The van der Waals surface area contributed by atoms with Crippen LogP contribution in [-0.2, 0) is 0 Å². The number of aliphatic hydroxyl groups excluding tert-OH is 3. The van der Waals surface area contributed by atoms with Crippen molar-refractivity contribution in [2.24, 2.45) is 11.7 Å². The third-order valence-corrected chi connectivity index (χ3v) is 1.84. The summed E-state index contributed by atoms with van der Waals surface area (Å²) in [6.45, 7) is 0.917. The van der Waals surface area contributed by atoms with Crippen LogP contribution in [0, 0.1) is 5.92 Å². The number of rotatable bonds is 4. The molecule has 0 amide bonds. The molecule has 4 nitrogen and oxygen atoms in total. The molecule has 1 unspecified atom stereocenters. The van der Waals surface area contributed by atoms with Gasteiger partial charge in [-0.3, -0.25) is 0 Å². The van der Waals surface area contributed by atoms with E-state index in [0.717, 1.165) is 0 Å². The van der Waals surface area contributed by atoms with Crippen LogP contribution in [0.15, 0.2) is 0 Å².